The minimum Gasteiger partial charge on any atom is -0.497 e. The molecule has 1 saturated heterocycles. The molecule has 0 amide bonds. The highest BCUT2D eigenvalue weighted by molar-refractivity contribution is 5.84. The van der Waals surface area contributed by atoms with Crippen LogP contribution in [0.3, 0.4) is 0 Å². The van der Waals surface area contributed by atoms with E-state index in [-0.39, 0.29) is 6.04 Å². The first-order valence-electron chi connectivity index (χ1n) is 10.5. The molecule has 5 heteroatoms. The summed E-state index contributed by atoms with van der Waals surface area (Å²) < 4.78 is 10.8. The molecule has 2 unspecified atom stereocenters. The van der Waals surface area contributed by atoms with Gasteiger partial charge in [0.05, 0.1) is 26.0 Å². The van der Waals surface area contributed by atoms with Gasteiger partial charge in [0.2, 0.25) is 0 Å². The largest absolute Gasteiger partial charge is 0.497 e. The smallest absolute Gasteiger partial charge is 0.142 e. The maximum atomic E-state index is 11.1. The summed E-state index contributed by atoms with van der Waals surface area (Å²) in [6.07, 6.45) is -0.533. The fourth-order valence-corrected chi connectivity index (χ4v) is 4.29. The fourth-order valence-electron chi connectivity index (χ4n) is 4.29. The molecule has 0 saturated carbocycles. The number of anilines is 1. The van der Waals surface area contributed by atoms with Crippen molar-refractivity contribution in [3.8, 4) is 11.5 Å². The van der Waals surface area contributed by atoms with Crippen LogP contribution in [0.2, 0.25) is 0 Å². The van der Waals surface area contributed by atoms with Crippen molar-refractivity contribution >= 4 is 16.5 Å². The van der Waals surface area contributed by atoms with E-state index in [9.17, 15) is 5.11 Å². The molecule has 0 aliphatic carbocycles. The van der Waals surface area contributed by atoms with E-state index in [0.717, 1.165) is 59.7 Å². The molecule has 158 valence electrons. The normalized spacial score (nSPS) is 17.0. The summed E-state index contributed by atoms with van der Waals surface area (Å²) in [5.74, 6) is 1.75. The number of methoxy groups -OCH3 is 2. The maximum absolute atomic E-state index is 11.1. The number of fused-ring (bicyclic) bond motifs is 1. The minimum absolute atomic E-state index is 0.0421. The van der Waals surface area contributed by atoms with Gasteiger partial charge in [-0.15, -0.1) is 0 Å². The van der Waals surface area contributed by atoms with E-state index in [1.54, 1.807) is 14.2 Å². The van der Waals surface area contributed by atoms with Crippen LogP contribution in [0.25, 0.3) is 10.8 Å². The summed E-state index contributed by atoms with van der Waals surface area (Å²) >= 11 is 0. The van der Waals surface area contributed by atoms with Gasteiger partial charge in [0.1, 0.15) is 11.5 Å². The Balaban J connectivity index is 1.43. The van der Waals surface area contributed by atoms with Gasteiger partial charge in [0, 0.05) is 32.2 Å². The van der Waals surface area contributed by atoms with Crippen LogP contribution in [0.15, 0.2) is 60.7 Å². The van der Waals surface area contributed by atoms with Gasteiger partial charge in [-0.3, -0.25) is 4.90 Å². The predicted molar refractivity (Wildman–Crippen MR) is 122 cm³/mol. The van der Waals surface area contributed by atoms with Crippen molar-refractivity contribution in [2.45, 2.75) is 19.1 Å². The zero-order valence-electron chi connectivity index (χ0n) is 17.9. The van der Waals surface area contributed by atoms with Gasteiger partial charge >= 0.3 is 0 Å². The first kappa shape index (κ1) is 20.5. The van der Waals surface area contributed by atoms with E-state index < -0.39 is 6.10 Å². The number of aliphatic hydroxyl groups excluding tert-OH is 1. The monoisotopic (exact) mass is 406 g/mol. The molecule has 1 aliphatic heterocycles. The number of ether oxygens (including phenoxy) is 2. The van der Waals surface area contributed by atoms with Gasteiger partial charge in [-0.05, 0) is 53.6 Å². The van der Waals surface area contributed by atoms with Crippen molar-refractivity contribution < 1.29 is 14.6 Å². The Hall–Kier alpha value is -2.76. The van der Waals surface area contributed by atoms with Crippen LogP contribution < -0.4 is 14.4 Å². The van der Waals surface area contributed by atoms with Gasteiger partial charge < -0.3 is 19.5 Å². The molecular formula is C25H30N2O3. The van der Waals surface area contributed by atoms with Crippen molar-refractivity contribution in [2.75, 3.05) is 45.3 Å². The first-order valence-corrected chi connectivity index (χ1v) is 10.5. The summed E-state index contributed by atoms with van der Waals surface area (Å²) in [5, 5.41) is 13.3. The average molecular weight is 407 g/mol. The Bertz CT molecular complexity index is 999. The fraction of sp³-hybridized carbons (Fsp3) is 0.360. The highest BCUT2D eigenvalue weighted by Crippen LogP contribution is 2.30. The highest BCUT2D eigenvalue weighted by atomic mass is 16.5. The van der Waals surface area contributed by atoms with E-state index in [1.807, 2.05) is 42.5 Å². The van der Waals surface area contributed by atoms with E-state index in [2.05, 4.69) is 34.9 Å². The lowest BCUT2D eigenvalue weighted by Crippen LogP contribution is -2.51. The molecule has 0 bridgehead atoms. The van der Waals surface area contributed by atoms with Crippen LogP contribution in [-0.4, -0.2) is 56.4 Å². The van der Waals surface area contributed by atoms with Crippen molar-refractivity contribution in [1.82, 2.24) is 4.90 Å². The Kier molecular flexibility index (Phi) is 6.11. The van der Waals surface area contributed by atoms with Crippen molar-refractivity contribution in [3.63, 3.8) is 0 Å². The highest BCUT2D eigenvalue weighted by Gasteiger charge is 2.27. The number of rotatable bonds is 6. The Morgan fingerprint density at radius 1 is 0.833 bits per heavy atom. The maximum Gasteiger partial charge on any atom is 0.142 e. The SMILES string of the molecule is COc1ccc2cc(C(O)C(C)N3CCN(c4ccccc4OC)CC3)ccc2c1. The van der Waals surface area contributed by atoms with Crippen LogP contribution in [-0.2, 0) is 0 Å². The van der Waals surface area contributed by atoms with E-state index in [1.165, 1.54) is 0 Å². The third kappa shape index (κ3) is 4.09. The number of para-hydroxylation sites is 2. The Labute approximate surface area is 178 Å². The molecule has 1 heterocycles. The van der Waals surface area contributed by atoms with Gasteiger partial charge in [-0.25, -0.2) is 0 Å². The predicted octanol–water partition coefficient (Wildman–Crippen LogP) is 4.10. The summed E-state index contributed by atoms with van der Waals surface area (Å²) in [6.45, 7) is 5.74. The summed E-state index contributed by atoms with van der Waals surface area (Å²) in [5.41, 5.74) is 2.09. The standard InChI is InChI=1S/C25H30N2O3/c1-18(25(28)21-9-8-20-17-22(29-2)11-10-19(20)16-21)26-12-14-27(15-13-26)23-6-4-5-7-24(23)30-3/h4-11,16-18,25,28H,12-15H2,1-3H3. The van der Waals surface area contributed by atoms with E-state index in [0.29, 0.717) is 0 Å². The lowest BCUT2D eigenvalue weighted by atomic mass is 9.98. The van der Waals surface area contributed by atoms with Crippen molar-refractivity contribution in [2.24, 2.45) is 0 Å². The minimum atomic E-state index is -0.533. The lowest BCUT2D eigenvalue weighted by molar-refractivity contribution is 0.0546. The molecule has 0 spiro atoms. The third-order valence-corrected chi connectivity index (χ3v) is 6.19. The second-order valence-electron chi connectivity index (χ2n) is 7.85. The van der Waals surface area contributed by atoms with Crippen molar-refractivity contribution in [1.29, 1.82) is 0 Å². The number of nitrogens with zero attached hydrogens (tertiary/aromatic N) is 2. The van der Waals surface area contributed by atoms with Crippen LogP contribution in [0.5, 0.6) is 11.5 Å². The number of hydrogen-bond donors (Lipinski definition) is 1. The number of piperazine rings is 1. The van der Waals surface area contributed by atoms with Gasteiger partial charge in [0.15, 0.2) is 0 Å². The van der Waals surface area contributed by atoms with Crippen LogP contribution in [0.1, 0.15) is 18.6 Å². The summed E-state index contributed by atoms with van der Waals surface area (Å²) in [7, 11) is 3.39. The van der Waals surface area contributed by atoms with Crippen LogP contribution >= 0.6 is 0 Å². The van der Waals surface area contributed by atoms with E-state index >= 15 is 0 Å². The van der Waals surface area contributed by atoms with Gasteiger partial charge in [-0.1, -0.05) is 30.3 Å². The molecule has 1 fully saturated rings. The number of hydrogen-bond acceptors (Lipinski definition) is 5. The van der Waals surface area contributed by atoms with Crippen LogP contribution in [0.4, 0.5) is 5.69 Å². The third-order valence-electron chi connectivity index (χ3n) is 6.19. The lowest BCUT2D eigenvalue weighted by Gasteiger charge is -2.40. The molecule has 1 aliphatic rings. The zero-order valence-corrected chi connectivity index (χ0v) is 17.9. The zero-order chi connectivity index (χ0) is 21.1. The molecule has 0 radical (unpaired) electrons. The first-order chi connectivity index (χ1) is 14.6. The van der Waals surface area contributed by atoms with Crippen molar-refractivity contribution in [3.05, 3.63) is 66.2 Å². The summed E-state index contributed by atoms with van der Waals surface area (Å²) in [6, 6.07) is 20.4. The summed E-state index contributed by atoms with van der Waals surface area (Å²) in [4.78, 5) is 4.73. The molecule has 2 atom stereocenters. The molecule has 1 N–H and O–H groups in total. The average Bonchev–Trinajstić information content (AvgIpc) is 2.82. The number of aliphatic hydroxyl groups is 1. The van der Waals surface area contributed by atoms with Gasteiger partial charge in [0.25, 0.3) is 0 Å². The van der Waals surface area contributed by atoms with Crippen LogP contribution in [0, 0.1) is 0 Å². The molecule has 0 aromatic heterocycles. The number of benzene rings is 3. The molecule has 3 aromatic carbocycles. The molecule has 3 aromatic rings. The molecular weight excluding hydrogens is 376 g/mol. The molecule has 30 heavy (non-hydrogen) atoms. The second kappa shape index (κ2) is 8.94. The quantitative estimate of drug-likeness (QED) is 0.668. The topological polar surface area (TPSA) is 45.2 Å². The Morgan fingerprint density at radius 3 is 2.27 bits per heavy atom. The Morgan fingerprint density at radius 2 is 1.53 bits per heavy atom. The molecule has 5 nitrogen and oxygen atoms in total. The molecule has 4 rings (SSSR count). The second-order valence-corrected chi connectivity index (χ2v) is 7.85. The van der Waals surface area contributed by atoms with E-state index in [4.69, 9.17) is 9.47 Å². The van der Waals surface area contributed by atoms with Gasteiger partial charge in [-0.2, -0.15) is 0 Å².